The molecular weight excluding hydrogens is 414 g/mol. The molecule has 0 aliphatic carbocycles. The average Bonchev–Trinajstić information content (AvgIpc) is 2.82. The van der Waals surface area contributed by atoms with Crippen molar-refractivity contribution in [3.05, 3.63) is 65.7 Å². The van der Waals surface area contributed by atoms with E-state index in [1.54, 1.807) is 16.7 Å². The van der Waals surface area contributed by atoms with Crippen molar-refractivity contribution in [2.45, 2.75) is 49.5 Å². The highest BCUT2D eigenvalue weighted by Gasteiger charge is 2.19. The number of aromatic nitrogens is 1. The molecular formula is C27H34N3OS+. The van der Waals surface area contributed by atoms with Crippen LogP contribution in [-0.4, -0.2) is 37.1 Å². The van der Waals surface area contributed by atoms with E-state index in [9.17, 15) is 4.79 Å². The Hall–Kier alpha value is -2.37. The number of para-hydroxylation sites is 1. The molecule has 1 saturated heterocycles. The van der Waals surface area contributed by atoms with Gasteiger partial charge in [-0.2, -0.15) is 0 Å². The van der Waals surface area contributed by atoms with Crippen molar-refractivity contribution in [1.82, 2.24) is 10.3 Å². The van der Waals surface area contributed by atoms with Gasteiger partial charge >= 0.3 is 0 Å². The molecule has 2 heterocycles. The predicted octanol–water partition coefficient (Wildman–Crippen LogP) is 4.38. The van der Waals surface area contributed by atoms with E-state index < -0.39 is 0 Å². The number of piperidine rings is 1. The maximum Gasteiger partial charge on any atom is 0.252 e. The lowest BCUT2D eigenvalue weighted by atomic mass is 10.0. The molecule has 0 bridgehead atoms. The molecule has 1 aromatic heterocycles. The summed E-state index contributed by atoms with van der Waals surface area (Å²) < 4.78 is 0. The summed E-state index contributed by atoms with van der Waals surface area (Å²) in [5, 5.41) is 4.92. The molecule has 1 aliphatic heterocycles. The largest absolute Gasteiger partial charge is 0.352 e. The second-order valence-electron chi connectivity index (χ2n) is 8.94. The van der Waals surface area contributed by atoms with Crippen LogP contribution in [0.2, 0.25) is 0 Å². The molecule has 2 aromatic carbocycles. The van der Waals surface area contributed by atoms with Crippen molar-refractivity contribution in [1.29, 1.82) is 0 Å². The van der Waals surface area contributed by atoms with Crippen LogP contribution in [0.1, 0.15) is 49.0 Å². The summed E-state index contributed by atoms with van der Waals surface area (Å²) in [7, 11) is 0. The van der Waals surface area contributed by atoms with E-state index >= 15 is 0 Å². The maximum absolute atomic E-state index is 13.1. The topological polar surface area (TPSA) is 46.4 Å². The number of hydrogen-bond acceptors (Lipinski definition) is 3. The molecule has 1 aliphatic rings. The van der Waals surface area contributed by atoms with Crippen LogP contribution in [0.3, 0.4) is 0 Å². The van der Waals surface area contributed by atoms with E-state index in [-0.39, 0.29) is 5.91 Å². The zero-order valence-electron chi connectivity index (χ0n) is 19.2. The number of pyridine rings is 1. The van der Waals surface area contributed by atoms with E-state index in [0.29, 0.717) is 12.1 Å². The first-order valence-electron chi connectivity index (χ1n) is 11.9. The maximum atomic E-state index is 13.1. The van der Waals surface area contributed by atoms with Gasteiger partial charge in [-0.25, -0.2) is 4.98 Å². The number of fused-ring (bicyclic) bond motifs is 1. The fraction of sp³-hybridized carbons (Fsp3) is 0.407. The summed E-state index contributed by atoms with van der Waals surface area (Å²) in [5.41, 5.74) is 2.89. The normalized spacial score (nSPS) is 18.6. The Kier molecular flexibility index (Phi) is 7.82. The second kappa shape index (κ2) is 11.0. The third-order valence-electron chi connectivity index (χ3n) is 6.35. The number of likely N-dealkylation sites (tertiary alicyclic amines) is 1. The van der Waals surface area contributed by atoms with Crippen LogP contribution in [0.15, 0.2) is 64.5 Å². The van der Waals surface area contributed by atoms with Crippen LogP contribution < -0.4 is 10.2 Å². The lowest BCUT2D eigenvalue weighted by Gasteiger charge is -2.27. The molecule has 0 spiro atoms. The van der Waals surface area contributed by atoms with Gasteiger partial charge in [-0.1, -0.05) is 55.9 Å². The Morgan fingerprint density at radius 1 is 1.19 bits per heavy atom. The first kappa shape index (κ1) is 22.8. The number of benzene rings is 2. The summed E-state index contributed by atoms with van der Waals surface area (Å²) in [6.07, 6.45) is 4.73. The van der Waals surface area contributed by atoms with Gasteiger partial charge in [-0.3, -0.25) is 4.79 Å². The number of aryl methyl sites for hydroxylation is 1. The van der Waals surface area contributed by atoms with Gasteiger partial charge in [0.15, 0.2) is 0 Å². The zero-order valence-corrected chi connectivity index (χ0v) is 20.0. The van der Waals surface area contributed by atoms with Gasteiger partial charge in [0, 0.05) is 29.2 Å². The number of rotatable bonds is 8. The van der Waals surface area contributed by atoms with Gasteiger partial charge in [0.2, 0.25) is 0 Å². The van der Waals surface area contributed by atoms with Crippen molar-refractivity contribution in [3.63, 3.8) is 0 Å². The molecule has 32 heavy (non-hydrogen) atoms. The van der Waals surface area contributed by atoms with Gasteiger partial charge in [-0.05, 0) is 49.1 Å². The number of quaternary nitrogens is 1. The molecule has 168 valence electrons. The van der Waals surface area contributed by atoms with Crippen molar-refractivity contribution in [2.75, 3.05) is 26.2 Å². The minimum Gasteiger partial charge on any atom is -0.352 e. The van der Waals surface area contributed by atoms with Crippen LogP contribution in [0.25, 0.3) is 10.9 Å². The average molecular weight is 449 g/mol. The molecule has 2 atom stereocenters. The number of nitrogens with zero attached hydrogens (tertiary/aromatic N) is 1. The smallest absolute Gasteiger partial charge is 0.252 e. The molecule has 1 fully saturated rings. The summed E-state index contributed by atoms with van der Waals surface area (Å²) in [6, 6.07) is 18.4. The van der Waals surface area contributed by atoms with E-state index in [1.165, 1.54) is 31.5 Å². The highest BCUT2D eigenvalue weighted by Crippen LogP contribution is 2.30. The Morgan fingerprint density at radius 2 is 2.00 bits per heavy atom. The van der Waals surface area contributed by atoms with E-state index in [4.69, 9.17) is 4.98 Å². The van der Waals surface area contributed by atoms with Gasteiger partial charge in [0.25, 0.3) is 5.91 Å². The van der Waals surface area contributed by atoms with E-state index in [0.717, 1.165) is 46.1 Å². The first-order chi connectivity index (χ1) is 15.6. The quantitative estimate of drug-likeness (QED) is 0.503. The molecule has 0 radical (unpaired) electrons. The predicted molar refractivity (Wildman–Crippen MR) is 133 cm³/mol. The highest BCUT2D eigenvalue weighted by atomic mass is 32.2. The van der Waals surface area contributed by atoms with Gasteiger partial charge in [0.05, 0.1) is 30.7 Å². The number of nitrogens with one attached hydrogen (secondary N) is 2. The van der Waals surface area contributed by atoms with Crippen molar-refractivity contribution < 1.29 is 9.69 Å². The Balaban J connectivity index is 1.43. The van der Waals surface area contributed by atoms with Crippen LogP contribution in [-0.2, 0) is 6.42 Å². The minimum atomic E-state index is -0.00575. The summed E-state index contributed by atoms with van der Waals surface area (Å²) in [6.45, 7) is 8.90. The zero-order chi connectivity index (χ0) is 22.3. The first-order valence-corrected chi connectivity index (χ1v) is 12.7. The Labute approximate surface area is 195 Å². The summed E-state index contributed by atoms with van der Waals surface area (Å²) in [4.78, 5) is 20.7. The third-order valence-corrected chi connectivity index (χ3v) is 7.27. The molecule has 1 amide bonds. The molecule has 4 nitrogen and oxygen atoms in total. The van der Waals surface area contributed by atoms with Gasteiger partial charge in [0.1, 0.15) is 5.03 Å². The Morgan fingerprint density at radius 3 is 2.78 bits per heavy atom. The van der Waals surface area contributed by atoms with Crippen LogP contribution in [0.4, 0.5) is 0 Å². The number of hydrogen-bond donors (Lipinski definition) is 2. The van der Waals surface area contributed by atoms with E-state index in [2.05, 4.69) is 43.4 Å². The third kappa shape index (κ3) is 5.90. The summed E-state index contributed by atoms with van der Waals surface area (Å²) in [5.74, 6) is 0.819. The molecule has 2 N–H and O–H groups in total. The molecule has 4 rings (SSSR count). The van der Waals surface area contributed by atoms with Crippen LogP contribution in [0, 0.1) is 5.92 Å². The standard InChI is InChI=1S/C27H33N3OS/c1-3-21-11-13-22(14-12-21)32-26-18-24(23-9-4-5-10-25(23)29-26)27(31)28-15-7-17-30-16-6-8-20(2)19-30/h4-5,9-14,18,20H,3,6-8,15-17,19H2,1-2H3,(H,28,31)/p+1. The molecule has 2 unspecified atom stereocenters. The van der Waals surface area contributed by atoms with Crippen LogP contribution >= 0.6 is 11.8 Å². The molecule has 5 heteroatoms. The fourth-order valence-corrected chi connectivity index (χ4v) is 5.40. The SMILES string of the molecule is CCc1ccc(Sc2cc(C(=O)NCCC[NH+]3CCCC(C)C3)c3ccccc3n2)cc1. The molecule has 3 aromatic rings. The van der Waals surface area contributed by atoms with Crippen LogP contribution in [0.5, 0.6) is 0 Å². The number of carbonyl (C=O) groups excluding carboxylic acids is 1. The van der Waals surface area contributed by atoms with Gasteiger partial charge in [-0.15, -0.1) is 0 Å². The highest BCUT2D eigenvalue weighted by molar-refractivity contribution is 7.99. The summed E-state index contributed by atoms with van der Waals surface area (Å²) >= 11 is 1.61. The minimum absolute atomic E-state index is 0.00575. The Bertz CT molecular complexity index is 1050. The van der Waals surface area contributed by atoms with Gasteiger partial charge < -0.3 is 10.2 Å². The monoisotopic (exact) mass is 448 g/mol. The van der Waals surface area contributed by atoms with Crippen molar-refractivity contribution in [2.24, 2.45) is 5.92 Å². The lowest BCUT2D eigenvalue weighted by molar-refractivity contribution is -0.908. The second-order valence-corrected chi connectivity index (χ2v) is 10.0. The number of amides is 1. The number of carbonyl (C=O) groups is 1. The molecule has 0 saturated carbocycles. The fourth-order valence-electron chi connectivity index (χ4n) is 4.57. The lowest BCUT2D eigenvalue weighted by Crippen LogP contribution is -3.13. The van der Waals surface area contributed by atoms with Crippen molar-refractivity contribution in [3.8, 4) is 0 Å². The van der Waals surface area contributed by atoms with Crippen molar-refractivity contribution >= 4 is 28.6 Å². The van der Waals surface area contributed by atoms with E-state index in [1.807, 2.05) is 30.3 Å².